The average Bonchev–Trinajstić information content (AvgIpc) is 2.17. The van der Waals surface area contributed by atoms with E-state index >= 15 is 0 Å². The van der Waals surface area contributed by atoms with Gasteiger partial charge < -0.3 is 4.74 Å². The SMILES string of the molecule is O=C1OCC1[P+](=O)Oc1ccccc1. The van der Waals surface area contributed by atoms with Crippen molar-refractivity contribution >= 4 is 14.0 Å². The van der Waals surface area contributed by atoms with Crippen molar-refractivity contribution in [2.24, 2.45) is 0 Å². The first kappa shape index (κ1) is 9.16. The van der Waals surface area contributed by atoms with E-state index in [1.807, 2.05) is 6.07 Å². The quantitative estimate of drug-likeness (QED) is 0.564. The lowest BCUT2D eigenvalue weighted by atomic mass is 10.3. The number of cyclic esters (lactones) is 1. The number of hydrogen-bond acceptors (Lipinski definition) is 4. The molecule has 2 rings (SSSR count). The van der Waals surface area contributed by atoms with Crippen LogP contribution in [0.4, 0.5) is 0 Å². The molecule has 1 fully saturated rings. The highest BCUT2D eigenvalue weighted by atomic mass is 31.1. The molecule has 1 aliphatic heterocycles. The Bertz CT molecular complexity index is 362. The number of para-hydroxylation sites is 1. The molecule has 0 spiro atoms. The molecule has 5 heteroatoms. The third kappa shape index (κ3) is 1.75. The van der Waals surface area contributed by atoms with E-state index < -0.39 is 19.7 Å². The summed E-state index contributed by atoms with van der Waals surface area (Å²) in [6.07, 6.45) is 0. The summed E-state index contributed by atoms with van der Waals surface area (Å²) >= 11 is 0. The summed E-state index contributed by atoms with van der Waals surface area (Å²) in [6.45, 7) is 0.195. The third-order valence-electron chi connectivity index (χ3n) is 1.85. The molecule has 1 aliphatic rings. The second-order valence-corrected chi connectivity index (χ2v) is 4.21. The molecule has 4 nitrogen and oxygen atoms in total. The van der Waals surface area contributed by atoms with Gasteiger partial charge in [-0.25, -0.2) is 4.79 Å². The highest BCUT2D eigenvalue weighted by Gasteiger charge is 2.50. The number of carbonyl (C=O) groups excluding carboxylic acids is 1. The minimum atomic E-state index is -2.00. The predicted octanol–water partition coefficient (Wildman–Crippen LogP) is 1.73. The molecule has 2 atom stereocenters. The van der Waals surface area contributed by atoms with E-state index in [9.17, 15) is 9.36 Å². The van der Waals surface area contributed by atoms with Gasteiger partial charge in [0.1, 0.15) is 0 Å². The Morgan fingerprint density at radius 1 is 1.36 bits per heavy atom. The van der Waals surface area contributed by atoms with Gasteiger partial charge in [0, 0.05) is 0 Å². The Hall–Kier alpha value is -1.41. The van der Waals surface area contributed by atoms with Gasteiger partial charge in [-0.3, -0.25) is 4.52 Å². The van der Waals surface area contributed by atoms with E-state index in [2.05, 4.69) is 4.74 Å². The zero-order valence-corrected chi connectivity index (χ0v) is 8.15. The molecule has 1 aromatic carbocycles. The second kappa shape index (κ2) is 3.76. The van der Waals surface area contributed by atoms with Crippen molar-refractivity contribution in [1.29, 1.82) is 0 Å². The smallest absolute Gasteiger partial charge is 0.456 e. The van der Waals surface area contributed by atoms with Crippen LogP contribution < -0.4 is 4.52 Å². The fourth-order valence-electron chi connectivity index (χ4n) is 1.02. The summed E-state index contributed by atoms with van der Waals surface area (Å²) in [7, 11) is -2.00. The van der Waals surface area contributed by atoms with Gasteiger partial charge in [-0.15, -0.1) is 0 Å². The van der Waals surface area contributed by atoms with E-state index in [1.54, 1.807) is 24.3 Å². The molecule has 72 valence electrons. The minimum absolute atomic E-state index is 0.195. The minimum Gasteiger partial charge on any atom is -0.456 e. The van der Waals surface area contributed by atoms with Crippen LogP contribution in [0.5, 0.6) is 5.75 Å². The van der Waals surface area contributed by atoms with Crippen molar-refractivity contribution in [2.45, 2.75) is 5.66 Å². The lowest BCUT2D eigenvalue weighted by molar-refractivity contribution is -0.156. The van der Waals surface area contributed by atoms with E-state index in [0.29, 0.717) is 5.75 Å². The van der Waals surface area contributed by atoms with Crippen molar-refractivity contribution in [1.82, 2.24) is 0 Å². The van der Waals surface area contributed by atoms with Crippen LogP contribution in [0.3, 0.4) is 0 Å². The third-order valence-corrected chi connectivity index (χ3v) is 3.11. The molecule has 0 aliphatic carbocycles. The van der Waals surface area contributed by atoms with Gasteiger partial charge in [0.15, 0.2) is 12.4 Å². The molecule has 1 heterocycles. The number of esters is 1. The van der Waals surface area contributed by atoms with Gasteiger partial charge in [-0.1, -0.05) is 18.2 Å². The van der Waals surface area contributed by atoms with E-state index in [4.69, 9.17) is 4.52 Å². The van der Waals surface area contributed by atoms with Gasteiger partial charge in [0.05, 0.1) is 0 Å². The van der Waals surface area contributed by atoms with Crippen LogP contribution in [0.2, 0.25) is 0 Å². The fraction of sp³-hybridized carbons (Fsp3) is 0.222. The lowest BCUT2D eigenvalue weighted by Gasteiger charge is -2.14. The Balaban J connectivity index is 1.98. The van der Waals surface area contributed by atoms with Gasteiger partial charge in [-0.05, 0) is 16.7 Å². The number of ether oxygens (including phenoxy) is 1. The molecule has 0 radical (unpaired) electrons. The Morgan fingerprint density at radius 3 is 2.57 bits per heavy atom. The summed E-state index contributed by atoms with van der Waals surface area (Å²) in [5.74, 6) is 0.0651. The predicted molar refractivity (Wildman–Crippen MR) is 49.4 cm³/mol. The Kier molecular flexibility index (Phi) is 2.46. The Labute approximate surface area is 81.7 Å². The molecule has 0 aromatic heterocycles. The number of rotatable bonds is 3. The maximum absolute atomic E-state index is 11.4. The monoisotopic (exact) mass is 211 g/mol. The highest BCUT2D eigenvalue weighted by molar-refractivity contribution is 7.42. The molecule has 1 aromatic rings. The first-order valence-electron chi connectivity index (χ1n) is 4.13. The van der Waals surface area contributed by atoms with Crippen LogP contribution in [0.25, 0.3) is 0 Å². The van der Waals surface area contributed by atoms with Crippen molar-refractivity contribution in [3.63, 3.8) is 0 Å². The number of benzene rings is 1. The molecule has 14 heavy (non-hydrogen) atoms. The molecule has 0 bridgehead atoms. The van der Waals surface area contributed by atoms with Gasteiger partial charge in [-0.2, -0.15) is 0 Å². The summed E-state index contributed by atoms with van der Waals surface area (Å²) in [6, 6.07) is 8.77. The molecule has 1 saturated heterocycles. The van der Waals surface area contributed by atoms with Gasteiger partial charge in [0.2, 0.25) is 0 Å². The first-order chi connectivity index (χ1) is 6.77. The van der Waals surface area contributed by atoms with Gasteiger partial charge in [0.25, 0.3) is 0 Å². The van der Waals surface area contributed by atoms with E-state index in [-0.39, 0.29) is 6.61 Å². The highest BCUT2D eigenvalue weighted by Crippen LogP contribution is 2.36. The van der Waals surface area contributed by atoms with Gasteiger partial charge >= 0.3 is 19.7 Å². The van der Waals surface area contributed by atoms with Crippen molar-refractivity contribution < 1.29 is 18.6 Å². The van der Waals surface area contributed by atoms with Crippen molar-refractivity contribution in [3.8, 4) is 5.75 Å². The maximum Gasteiger partial charge on any atom is 0.575 e. The molecule has 2 unspecified atom stereocenters. The standard InChI is InChI=1S/C9H8O4P/c10-9-8(6-12-9)14(11)13-7-4-2-1-3-5-7/h1-5,8H,6H2/q+1. The second-order valence-electron chi connectivity index (χ2n) is 2.84. The van der Waals surface area contributed by atoms with E-state index in [1.165, 1.54) is 0 Å². The summed E-state index contributed by atoms with van der Waals surface area (Å²) in [5, 5.41) is 0. The van der Waals surface area contributed by atoms with Crippen molar-refractivity contribution in [2.75, 3.05) is 6.61 Å². The Morgan fingerprint density at radius 2 is 2.07 bits per heavy atom. The van der Waals surface area contributed by atoms with E-state index in [0.717, 1.165) is 0 Å². The van der Waals surface area contributed by atoms with Crippen LogP contribution in [0.1, 0.15) is 0 Å². The maximum atomic E-state index is 11.4. The average molecular weight is 211 g/mol. The number of hydrogen-bond donors (Lipinski definition) is 0. The number of carbonyl (C=O) groups is 1. The summed E-state index contributed by atoms with van der Waals surface area (Å²) in [5.41, 5.74) is -0.592. The van der Waals surface area contributed by atoms with Crippen LogP contribution in [0, 0.1) is 0 Å². The molecule has 0 saturated carbocycles. The molecule has 0 amide bonds. The molecular formula is C9H8O4P+. The molecular weight excluding hydrogens is 203 g/mol. The largest absolute Gasteiger partial charge is 0.575 e. The van der Waals surface area contributed by atoms with Crippen LogP contribution in [-0.2, 0) is 14.1 Å². The van der Waals surface area contributed by atoms with Crippen LogP contribution >= 0.6 is 8.03 Å². The first-order valence-corrected chi connectivity index (χ1v) is 5.38. The zero-order chi connectivity index (χ0) is 9.97. The summed E-state index contributed by atoms with van der Waals surface area (Å²) in [4.78, 5) is 10.8. The normalized spacial score (nSPS) is 20.7. The topological polar surface area (TPSA) is 52.6 Å². The summed E-state index contributed by atoms with van der Waals surface area (Å²) < 4.78 is 21.0. The van der Waals surface area contributed by atoms with Crippen LogP contribution in [-0.4, -0.2) is 18.2 Å². The van der Waals surface area contributed by atoms with Crippen LogP contribution in [0.15, 0.2) is 30.3 Å². The zero-order valence-electron chi connectivity index (χ0n) is 7.25. The lowest BCUT2D eigenvalue weighted by Crippen LogP contribution is -2.37. The molecule has 0 N–H and O–H groups in total. The van der Waals surface area contributed by atoms with Crippen molar-refractivity contribution in [3.05, 3.63) is 30.3 Å². The fourth-order valence-corrected chi connectivity index (χ4v) is 1.92.